The molecule has 0 unspecified atom stereocenters. The number of hydrogen-bond donors (Lipinski definition) is 3. The maximum atomic E-state index is 12.8. The number of nitrogen functional groups attached to an aromatic ring is 1. The van der Waals surface area contributed by atoms with Crippen LogP contribution in [0.1, 0.15) is 16.8 Å². The number of nitrogens with two attached hydrogens (primary N) is 1. The van der Waals surface area contributed by atoms with E-state index < -0.39 is 11.9 Å². The number of hydrogen-bond acceptors (Lipinski definition) is 5. The van der Waals surface area contributed by atoms with Crippen LogP contribution in [0.4, 0.5) is 30.6 Å². The molecule has 0 aliphatic rings. The van der Waals surface area contributed by atoms with Gasteiger partial charge in [0.2, 0.25) is 5.95 Å². The van der Waals surface area contributed by atoms with Gasteiger partial charge in [0.1, 0.15) is 5.82 Å². The van der Waals surface area contributed by atoms with E-state index in [0.717, 1.165) is 17.2 Å². The third-order valence-corrected chi connectivity index (χ3v) is 3.01. The molecule has 21 heavy (non-hydrogen) atoms. The lowest BCUT2D eigenvalue weighted by Gasteiger charge is -2.13. The molecule has 1 aromatic heterocycles. The van der Waals surface area contributed by atoms with Crippen LogP contribution >= 0.6 is 0 Å². The van der Waals surface area contributed by atoms with Gasteiger partial charge in [0.25, 0.3) is 0 Å². The van der Waals surface area contributed by atoms with E-state index in [9.17, 15) is 13.2 Å². The molecular formula is C13H14F3N5. The van der Waals surface area contributed by atoms with Crippen molar-refractivity contribution in [3.63, 3.8) is 0 Å². The summed E-state index contributed by atoms with van der Waals surface area (Å²) in [6.45, 7) is 3.78. The van der Waals surface area contributed by atoms with E-state index in [1.807, 2.05) is 25.3 Å². The van der Waals surface area contributed by atoms with Gasteiger partial charge in [-0.2, -0.15) is 18.2 Å². The Morgan fingerprint density at radius 3 is 2.48 bits per heavy atom. The molecule has 8 heteroatoms. The molecule has 0 aliphatic heterocycles. The van der Waals surface area contributed by atoms with Crippen LogP contribution in [0.25, 0.3) is 0 Å². The minimum Gasteiger partial charge on any atom is -0.340 e. The summed E-state index contributed by atoms with van der Waals surface area (Å²) in [7, 11) is 0. The fraction of sp³-hybridized carbons (Fsp3) is 0.231. The minimum atomic E-state index is -4.58. The highest BCUT2D eigenvalue weighted by Crippen LogP contribution is 2.30. The van der Waals surface area contributed by atoms with Crippen LogP contribution in [0.3, 0.4) is 0 Å². The van der Waals surface area contributed by atoms with Gasteiger partial charge in [0.05, 0.1) is 0 Å². The smallest absolute Gasteiger partial charge is 0.340 e. The number of aryl methyl sites for hydroxylation is 1. The maximum Gasteiger partial charge on any atom is 0.433 e. The number of aromatic nitrogens is 2. The molecule has 0 saturated heterocycles. The molecule has 0 amide bonds. The van der Waals surface area contributed by atoms with Gasteiger partial charge in [0, 0.05) is 11.8 Å². The average molecular weight is 297 g/mol. The van der Waals surface area contributed by atoms with Gasteiger partial charge in [-0.3, -0.25) is 5.43 Å². The van der Waals surface area contributed by atoms with Crippen LogP contribution in [0.5, 0.6) is 0 Å². The first-order valence-electron chi connectivity index (χ1n) is 6.07. The number of rotatable bonds is 3. The Bertz CT molecular complexity index is 655. The summed E-state index contributed by atoms with van der Waals surface area (Å²) >= 11 is 0. The highest BCUT2D eigenvalue weighted by atomic mass is 19.4. The molecule has 0 spiro atoms. The van der Waals surface area contributed by atoms with Crippen molar-refractivity contribution in [2.75, 3.05) is 10.7 Å². The van der Waals surface area contributed by atoms with Crippen molar-refractivity contribution in [3.8, 4) is 0 Å². The van der Waals surface area contributed by atoms with Crippen molar-refractivity contribution in [3.05, 3.63) is 41.1 Å². The average Bonchev–Trinajstić information content (AvgIpc) is 2.42. The van der Waals surface area contributed by atoms with Crippen molar-refractivity contribution in [2.45, 2.75) is 20.0 Å². The first kappa shape index (κ1) is 15.0. The van der Waals surface area contributed by atoms with E-state index in [1.165, 1.54) is 0 Å². The van der Waals surface area contributed by atoms with Gasteiger partial charge in [-0.25, -0.2) is 10.8 Å². The van der Waals surface area contributed by atoms with Gasteiger partial charge in [-0.1, -0.05) is 12.1 Å². The number of halogens is 3. The standard InChI is InChI=1S/C13H14F3N5/c1-7-4-3-5-9(8(7)2)18-11-6-10(13(14,15)16)19-12(20-11)21-17/h3-6H,17H2,1-2H3,(H2,18,19,20,21). The second-order valence-electron chi connectivity index (χ2n) is 4.48. The van der Waals surface area contributed by atoms with Crippen LogP contribution in [-0.4, -0.2) is 9.97 Å². The van der Waals surface area contributed by atoms with Crippen LogP contribution in [0.2, 0.25) is 0 Å². The zero-order valence-corrected chi connectivity index (χ0v) is 11.4. The lowest BCUT2D eigenvalue weighted by molar-refractivity contribution is -0.141. The van der Waals surface area contributed by atoms with Crippen molar-refractivity contribution in [1.82, 2.24) is 9.97 Å². The van der Waals surface area contributed by atoms with Gasteiger partial charge in [-0.15, -0.1) is 0 Å². The van der Waals surface area contributed by atoms with E-state index in [4.69, 9.17) is 5.84 Å². The van der Waals surface area contributed by atoms with E-state index >= 15 is 0 Å². The fourth-order valence-electron chi connectivity index (χ4n) is 1.75. The predicted octanol–water partition coefficient (Wildman–Crippen LogP) is 3.14. The second kappa shape index (κ2) is 5.57. The molecule has 5 nitrogen and oxygen atoms in total. The van der Waals surface area contributed by atoms with Crippen molar-refractivity contribution >= 4 is 17.5 Å². The number of alkyl halides is 3. The first-order valence-corrected chi connectivity index (χ1v) is 6.07. The fourth-order valence-corrected chi connectivity index (χ4v) is 1.75. The van der Waals surface area contributed by atoms with E-state index in [1.54, 1.807) is 12.1 Å². The Labute approximate surface area is 119 Å². The molecule has 1 heterocycles. The Kier molecular flexibility index (Phi) is 3.99. The van der Waals surface area contributed by atoms with E-state index in [2.05, 4.69) is 15.3 Å². The third kappa shape index (κ3) is 3.40. The van der Waals surface area contributed by atoms with Gasteiger partial charge < -0.3 is 5.32 Å². The Morgan fingerprint density at radius 2 is 1.86 bits per heavy atom. The monoisotopic (exact) mass is 297 g/mol. The SMILES string of the molecule is Cc1cccc(Nc2cc(C(F)(F)F)nc(NN)n2)c1C. The second-order valence-corrected chi connectivity index (χ2v) is 4.48. The topological polar surface area (TPSA) is 75.9 Å². The first-order chi connectivity index (χ1) is 9.81. The molecule has 2 rings (SSSR count). The lowest BCUT2D eigenvalue weighted by atomic mass is 10.1. The van der Waals surface area contributed by atoms with Gasteiger partial charge >= 0.3 is 6.18 Å². The molecular weight excluding hydrogens is 283 g/mol. The maximum absolute atomic E-state index is 12.8. The molecule has 0 saturated carbocycles. The normalized spacial score (nSPS) is 11.3. The predicted molar refractivity (Wildman–Crippen MR) is 74.0 cm³/mol. The molecule has 4 N–H and O–H groups in total. The summed E-state index contributed by atoms with van der Waals surface area (Å²) in [5.41, 5.74) is 3.57. The van der Waals surface area contributed by atoms with Crippen molar-refractivity contribution < 1.29 is 13.2 Å². The molecule has 0 aliphatic carbocycles. The molecule has 1 aromatic carbocycles. The Hall–Kier alpha value is -2.35. The van der Waals surface area contributed by atoms with Crippen molar-refractivity contribution in [1.29, 1.82) is 0 Å². The summed E-state index contributed by atoms with van der Waals surface area (Å²) in [6, 6.07) is 6.31. The Morgan fingerprint density at radius 1 is 1.14 bits per heavy atom. The van der Waals surface area contributed by atoms with E-state index in [0.29, 0.717) is 5.69 Å². The summed E-state index contributed by atoms with van der Waals surface area (Å²) in [4.78, 5) is 7.17. The zero-order chi connectivity index (χ0) is 15.6. The number of benzene rings is 1. The number of hydrazine groups is 1. The van der Waals surface area contributed by atoms with Crippen LogP contribution in [0.15, 0.2) is 24.3 Å². The van der Waals surface area contributed by atoms with Gasteiger partial charge in [-0.05, 0) is 31.0 Å². The van der Waals surface area contributed by atoms with Crippen LogP contribution in [-0.2, 0) is 6.18 Å². The minimum absolute atomic E-state index is 0.0129. The number of nitrogens with zero attached hydrogens (tertiary/aromatic N) is 2. The third-order valence-electron chi connectivity index (χ3n) is 3.01. The largest absolute Gasteiger partial charge is 0.433 e. The van der Waals surface area contributed by atoms with Crippen LogP contribution < -0.4 is 16.6 Å². The quantitative estimate of drug-likeness (QED) is 0.599. The van der Waals surface area contributed by atoms with E-state index in [-0.39, 0.29) is 11.8 Å². The molecule has 0 fully saturated rings. The molecule has 0 bridgehead atoms. The summed E-state index contributed by atoms with van der Waals surface area (Å²) in [5.74, 6) is 4.81. The highest BCUT2D eigenvalue weighted by Gasteiger charge is 2.33. The summed E-state index contributed by atoms with van der Waals surface area (Å²) < 4.78 is 38.3. The lowest BCUT2D eigenvalue weighted by Crippen LogP contribution is -2.16. The zero-order valence-electron chi connectivity index (χ0n) is 11.4. The number of anilines is 3. The number of nitrogens with one attached hydrogen (secondary N) is 2. The molecule has 0 atom stereocenters. The van der Waals surface area contributed by atoms with Gasteiger partial charge in [0.15, 0.2) is 5.69 Å². The van der Waals surface area contributed by atoms with Crippen molar-refractivity contribution in [2.24, 2.45) is 5.84 Å². The Balaban J connectivity index is 2.42. The molecule has 2 aromatic rings. The molecule has 112 valence electrons. The highest BCUT2D eigenvalue weighted by molar-refractivity contribution is 5.62. The van der Waals surface area contributed by atoms with Crippen LogP contribution in [0, 0.1) is 13.8 Å². The summed E-state index contributed by atoms with van der Waals surface area (Å²) in [5, 5.41) is 2.85. The summed E-state index contributed by atoms with van der Waals surface area (Å²) in [6.07, 6.45) is -4.58. The molecule has 0 radical (unpaired) electrons.